The molecular formula is C7H16BrNO2S. The van der Waals surface area contributed by atoms with Crippen molar-refractivity contribution in [3.8, 4) is 0 Å². The molecule has 0 saturated heterocycles. The molecule has 0 aliphatic heterocycles. The van der Waals surface area contributed by atoms with Gasteiger partial charge in [0.2, 0.25) is 0 Å². The van der Waals surface area contributed by atoms with Crippen molar-refractivity contribution in [3.63, 3.8) is 0 Å². The lowest BCUT2D eigenvalue weighted by Crippen LogP contribution is -2.34. The Labute approximate surface area is 83.2 Å². The van der Waals surface area contributed by atoms with Gasteiger partial charge in [-0.1, -0.05) is 15.9 Å². The molecule has 0 fully saturated rings. The van der Waals surface area contributed by atoms with E-state index < -0.39 is 9.84 Å². The van der Waals surface area contributed by atoms with Crippen molar-refractivity contribution >= 4 is 25.8 Å². The molecule has 0 aromatic rings. The molecule has 0 radical (unpaired) electrons. The summed E-state index contributed by atoms with van der Waals surface area (Å²) in [6, 6.07) is 0.381. The number of nitrogens with zero attached hydrogens (tertiary/aromatic N) is 1. The average molecular weight is 258 g/mol. The Kier molecular flexibility index (Phi) is 5.36. The molecule has 0 saturated carbocycles. The van der Waals surface area contributed by atoms with Gasteiger partial charge in [-0.3, -0.25) is 0 Å². The van der Waals surface area contributed by atoms with Gasteiger partial charge in [0, 0.05) is 24.2 Å². The molecule has 0 bridgehead atoms. The summed E-state index contributed by atoms with van der Waals surface area (Å²) < 4.78 is 21.6. The number of rotatable bonds is 5. The second-order valence-corrected chi connectivity index (χ2v) is 6.02. The van der Waals surface area contributed by atoms with Crippen LogP contribution >= 0.6 is 15.9 Å². The van der Waals surface area contributed by atoms with Crippen LogP contribution in [-0.4, -0.2) is 50.3 Å². The molecule has 1 unspecified atom stereocenters. The molecule has 0 N–H and O–H groups in total. The largest absolute Gasteiger partial charge is 0.302 e. The van der Waals surface area contributed by atoms with Crippen LogP contribution in [0.1, 0.15) is 6.92 Å². The summed E-state index contributed by atoms with van der Waals surface area (Å²) >= 11 is 3.34. The van der Waals surface area contributed by atoms with Gasteiger partial charge in [-0.05, 0) is 14.0 Å². The van der Waals surface area contributed by atoms with Crippen LogP contribution in [0.15, 0.2) is 0 Å². The van der Waals surface area contributed by atoms with Crippen molar-refractivity contribution in [1.29, 1.82) is 0 Å². The Balaban J connectivity index is 3.79. The Morgan fingerprint density at radius 3 is 2.33 bits per heavy atom. The highest BCUT2D eigenvalue weighted by molar-refractivity contribution is 9.09. The highest BCUT2D eigenvalue weighted by Crippen LogP contribution is 1.99. The Morgan fingerprint density at radius 2 is 2.00 bits per heavy atom. The SMILES string of the molecule is CC(CBr)N(C)CCS(C)(=O)=O. The van der Waals surface area contributed by atoms with Gasteiger partial charge in [-0.15, -0.1) is 0 Å². The van der Waals surface area contributed by atoms with Crippen molar-refractivity contribution in [2.75, 3.05) is 30.9 Å². The lowest BCUT2D eigenvalue weighted by molar-refractivity contribution is 0.295. The maximum atomic E-state index is 10.8. The van der Waals surface area contributed by atoms with Gasteiger partial charge >= 0.3 is 0 Å². The zero-order valence-corrected chi connectivity index (χ0v) is 10.2. The molecule has 5 heteroatoms. The average Bonchev–Trinajstić information content (AvgIpc) is 1.97. The van der Waals surface area contributed by atoms with E-state index in [1.165, 1.54) is 6.26 Å². The van der Waals surface area contributed by atoms with E-state index in [1.807, 2.05) is 11.9 Å². The van der Waals surface area contributed by atoms with Gasteiger partial charge in [0.05, 0.1) is 5.75 Å². The van der Waals surface area contributed by atoms with Crippen LogP contribution in [0.4, 0.5) is 0 Å². The third kappa shape index (κ3) is 5.97. The van der Waals surface area contributed by atoms with Gasteiger partial charge in [-0.2, -0.15) is 0 Å². The minimum atomic E-state index is -2.82. The second-order valence-electron chi connectivity index (χ2n) is 3.11. The van der Waals surface area contributed by atoms with Crippen molar-refractivity contribution < 1.29 is 8.42 Å². The van der Waals surface area contributed by atoms with Crippen LogP contribution in [0.25, 0.3) is 0 Å². The normalized spacial score (nSPS) is 15.1. The molecule has 12 heavy (non-hydrogen) atoms. The van der Waals surface area contributed by atoms with Crippen molar-refractivity contribution in [1.82, 2.24) is 4.90 Å². The Hall–Kier alpha value is 0.390. The summed E-state index contributed by atoms with van der Waals surface area (Å²) in [4.78, 5) is 2.02. The molecule has 0 aromatic carbocycles. The number of alkyl halides is 1. The highest BCUT2D eigenvalue weighted by Gasteiger charge is 2.09. The van der Waals surface area contributed by atoms with E-state index in [0.29, 0.717) is 12.6 Å². The first kappa shape index (κ1) is 12.4. The van der Waals surface area contributed by atoms with Gasteiger partial charge in [0.1, 0.15) is 9.84 Å². The van der Waals surface area contributed by atoms with E-state index in [4.69, 9.17) is 0 Å². The number of hydrogen-bond acceptors (Lipinski definition) is 3. The summed E-state index contributed by atoms with van der Waals surface area (Å²) in [6.45, 7) is 2.66. The standard InChI is InChI=1S/C7H16BrNO2S/c1-7(6-8)9(2)4-5-12(3,10)11/h7H,4-6H2,1-3H3. The maximum Gasteiger partial charge on any atom is 0.148 e. The van der Waals surface area contributed by atoms with Crippen LogP contribution in [0.2, 0.25) is 0 Å². The summed E-state index contributed by atoms with van der Waals surface area (Å²) in [5.41, 5.74) is 0. The molecule has 0 spiro atoms. The molecule has 0 aliphatic rings. The van der Waals surface area contributed by atoms with Gasteiger partial charge in [0.15, 0.2) is 0 Å². The molecule has 1 atom stereocenters. The van der Waals surface area contributed by atoms with Gasteiger partial charge in [0.25, 0.3) is 0 Å². The second kappa shape index (κ2) is 5.19. The van der Waals surface area contributed by atoms with E-state index in [2.05, 4.69) is 22.9 Å². The predicted molar refractivity (Wildman–Crippen MR) is 55.6 cm³/mol. The molecular weight excluding hydrogens is 242 g/mol. The van der Waals surface area contributed by atoms with E-state index >= 15 is 0 Å². The lowest BCUT2D eigenvalue weighted by Gasteiger charge is -2.21. The molecule has 0 aromatic heterocycles. The van der Waals surface area contributed by atoms with Gasteiger partial charge < -0.3 is 4.90 Å². The highest BCUT2D eigenvalue weighted by atomic mass is 79.9. The van der Waals surface area contributed by atoms with Crippen molar-refractivity contribution in [2.24, 2.45) is 0 Å². The van der Waals surface area contributed by atoms with E-state index in [1.54, 1.807) is 0 Å². The molecule has 74 valence electrons. The van der Waals surface area contributed by atoms with E-state index in [0.717, 1.165) is 5.33 Å². The molecule has 0 rings (SSSR count). The maximum absolute atomic E-state index is 10.8. The fourth-order valence-corrected chi connectivity index (χ4v) is 1.76. The van der Waals surface area contributed by atoms with Crippen LogP contribution in [0, 0.1) is 0 Å². The first-order valence-corrected chi connectivity index (χ1v) is 6.99. The smallest absolute Gasteiger partial charge is 0.148 e. The zero-order valence-electron chi connectivity index (χ0n) is 7.75. The van der Waals surface area contributed by atoms with Crippen LogP contribution < -0.4 is 0 Å². The summed E-state index contributed by atoms with van der Waals surface area (Å²) in [5, 5.41) is 0.868. The van der Waals surface area contributed by atoms with Gasteiger partial charge in [-0.25, -0.2) is 8.42 Å². The topological polar surface area (TPSA) is 37.4 Å². The van der Waals surface area contributed by atoms with Crippen molar-refractivity contribution in [2.45, 2.75) is 13.0 Å². The molecule has 0 aliphatic carbocycles. The fraction of sp³-hybridized carbons (Fsp3) is 1.00. The molecule has 0 heterocycles. The summed E-state index contributed by atoms with van der Waals surface area (Å²) in [7, 11) is -0.890. The van der Waals surface area contributed by atoms with E-state index in [9.17, 15) is 8.42 Å². The first-order valence-electron chi connectivity index (χ1n) is 3.80. The minimum absolute atomic E-state index is 0.237. The number of sulfone groups is 1. The van der Waals surface area contributed by atoms with Crippen LogP contribution in [-0.2, 0) is 9.84 Å². The lowest BCUT2D eigenvalue weighted by atomic mass is 10.3. The first-order chi connectivity index (χ1) is 5.37. The fourth-order valence-electron chi connectivity index (χ4n) is 0.648. The number of hydrogen-bond donors (Lipinski definition) is 0. The molecule has 3 nitrogen and oxygen atoms in total. The van der Waals surface area contributed by atoms with E-state index in [-0.39, 0.29) is 5.75 Å². The third-order valence-electron chi connectivity index (χ3n) is 1.79. The molecule has 0 amide bonds. The Bertz CT molecular complexity index is 215. The monoisotopic (exact) mass is 257 g/mol. The van der Waals surface area contributed by atoms with Crippen molar-refractivity contribution in [3.05, 3.63) is 0 Å². The van der Waals surface area contributed by atoms with Crippen LogP contribution in [0.3, 0.4) is 0 Å². The third-order valence-corrected chi connectivity index (χ3v) is 3.65. The summed E-state index contributed by atoms with van der Waals surface area (Å²) in [6.07, 6.45) is 1.26. The number of halogens is 1. The van der Waals surface area contributed by atoms with Crippen LogP contribution in [0.5, 0.6) is 0 Å². The minimum Gasteiger partial charge on any atom is -0.302 e. The zero-order chi connectivity index (χ0) is 9.78. The Morgan fingerprint density at radius 1 is 1.50 bits per heavy atom. The predicted octanol–water partition coefficient (Wildman–Crippen LogP) is 0.746. The summed E-state index contributed by atoms with van der Waals surface area (Å²) in [5.74, 6) is 0.237. The quantitative estimate of drug-likeness (QED) is 0.683.